The molecule has 7 heteroatoms. The number of hydrogen-bond acceptors (Lipinski definition) is 4. The van der Waals surface area contributed by atoms with Gasteiger partial charge in [-0.2, -0.15) is 0 Å². The molecule has 90 valence electrons. The predicted octanol–water partition coefficient (Wildman–Crippen LogP) is 0.815. The summed E-state index contributed by atoms with van der Waals surface area (Å²) in [4.78, 5) is 22.8. The van der Waals surface area contributed by atoms with Gasteiger partial charge in [0.1, 0.15) is 6.04 Å². The Morgan fingerprint density at radius 1 is 1.44 bits per heavy atom. The molecule has 0 saturated heterocycles. The second-order valence-corrected chi connectivity index (χ2v) is 4.10. The van der Waals surface area contributed by atoms with Crippen LogP contribution in [0.1, 0.15) is 16.6 Å². The lowest BCUT2D eigenvalue weighted by Crippen LogP contribution is -2.41. The molecule has 0 aliphatic rings. The Bertz CT molecular complexity index is 381. The van der Waals surface area contributed by atoms with E-state index in [0.29, 0.717) is 4.88 Å². The van der Waals surface area contributed by atoms with E-state index in [1.165, 1.54) is 11.3 Å². The molecule has 0 aliphatic carbocycles. The van der Waals surface area contributed by atoms with Crippen molar-refractivity contribution in [2.24, 2.45) is 5.73 Å². The van der Waals surface area contributed by atoms with Gasteiger partial charge in [-0.1, -0.05) is 0 Å². The van der Waals surface area contributed by atoms with Crippen LogP contribution >= 0.6 is 23.7 Å². The highest BCUT2D eigenvalue weighted by Gasteiger charge is 2.14. The van der Waals surface area contributed by atoms with Crippen molar-refractivity contribution in [1.29, 1.82) is 0 Å². The molecular weight excluding hydrogens is 250 g/mol. The van der Waals surface area contributed by atoms with Gasteiger partial charge in [0.05, 0.1) is 9.88 Å². The molecule has 1 heterocycles. The molecule has 0 saturated carbocycles. The van der Waals surface area contributed by atoms with Crippen LogP contribution in [0.25, 0.3) is 0 Å². The van der Waals surface area contributed by atoms with Crippen LogP contribution in [-0.4, -0.2) is 24.9 Å². The van der Waals surface area contributed by atoms with Crippen molar-refractivity contribution in [1.82, 2.24) is 5.32 Å². The van der Waals surface area contributed by atoms with Gasteiger partial charge in [-0.05, 0) is 19.1 Å². The van der Waals surface area contributed by atoms with Crippen LogP contribution in [0.4, 0.5) is 5.00 Å². The van der Waals surface area contributed by atoms with E-state index in [0.717, 1.165) is 5.00 Å². The molecule has 1 aromatic rings. The van der Waals surface area contributed by atoms with Crippen molar-refractivity contribution < 1.29 is 9.59 Å². The number of halogens is 1. The third-order valence-corrected chi connectivity index (χ3v) is 2.95. The maximum Gasteiger partial charge on any atom is 0.262 e. The van der Waals surface area contributed by atoms with Gasteiger partial charge in [0.2, 0.25) is 5.91 Å². The van der Waals surface area contributed by atoms with E-state index >= 15 is 0 Å². The summed E-state index contributed by atoms with van der Waals surface area (Å²) in [6, 6.07) is 2.84. The third-order valence-electron chi connectivity index (χ3n) is 1.85. The lowest BCUT2D eigenvalue weighted by molar-refractivity contribution is -0.119. The lowest BCUT2D eigenvalue weighted by atomic mass is 10.3. The van der Waals surface area contributed by atoms with Crippen LogP contribution in [-0.2, 0) is 4.79 Å². The average molecular weight is 264 g/mol. The molecule has 5 nitrogen and oxygen atoms in total. The first-order chi connectivity index (χ1) is 7.04. The second kappa shape index (κ2) is 6.34. The fourth-order valence-electron chi connectivity index (χ4n) is 0.933. The molecule has 0 unspecified atom stereocenters. The van der Waals surface area contributed by atoms with Gasteiger partial charge in [-0.15, -0.1) is 23.7 Å². The van der Waals surface area contributed by atoms with E-state index in [2.05, 4.69) is 10.6 Å². The molecule has 0 aliphatic heterocycles. The van der Waals surface area contributed by atoms with Crippen LogP contribution in [0.5, 0.6) is 0 Å². The summed E-state index contributed by atoms with van der Waals surface area (Å²) >= 11 is 1.32. The normalized spacial score (nSPS) is 11.1. The summed E-state index contributed by atoms with van der Waals surface area (Å²) in [5.41, 5.74) is 5.03. The molecule has 1 aromatic heterocycles. The van der Waals surface area contributed by atoms with E-state index in [4.69, 9.17) is 5.73 Å². The van der Waals surface area contributed by atoms with Crippen LogP contribution < -0.4 is 16.4 Å². The maximum absolute atomic E-state index is 11.6. The standard InChI is InChI=1S/C9H13N3O2S.ClH/c1-5(8(10)13)12-9(14)6-3-4-7(11-2)15-6;/h3-5,11H,1-2H3,(H2,10,13)(H,12,14);1H/t5-;/m0./s1. The van der Waals surface area contributed by atoms with Crippen molar-refractivity contribution in [3.8, 4) is 0 Å². The number of primary amides is 1. The Hall–Kier alpha value is -1.27. The summed E-state index contributed by atoms with van der Waals surface area (Å²) in [5.74, 6) is -0.832. The van der Waals surface area contributed by atoms with Crippen LogP contribution in [0.2, 0.25) is 0 Å². The van der Waals surface area contributed by atoms with Gasteiger partial charge in [0.25, 0.3) is 5.91 Å². The van der Waals surface area contributed by atoms with E-state index < -0.39 is 11.9 Å². The van der Waals surface area contributed by atoms with Gasteiger partial charge >= 0.3 is 0 Å². The quantitative estimate of drug-likeness (QED) is 0.752. The number of nitrogens with one attached hydrogen (secondary N) is 2. The van der Waals surface area contributed by atoms with Gasteiger partial charge in [-0.25, -0.2) is 0 Å². The molecule has 0 aromatic carbocycles. The van der Waals surface area contributed by atoms with Crippen LogP contribution in [0.3, 0.4) is 0 Å². The first-order valence-corrected chi connectivity index (χ1v) is 5.24. The average Bonchev–Trinajstić information content (AvgIpc) is 2.65. The number of amides is 2. The first kappa shape index (κ1) is 14.7. The van der Waals surface area contributed by atoms with Gasteiger partial charge < -0.3 is 16.4 Å². The Kier molecular flexibility index (Phi) is 5.84. The first-order valence-electron chi connectivity index (χ1n) is 4.42. The van der Waals surface area contributed by atoms with Crippen molar-refractivity contribution >= 4 is 40.6 Å². The second-order valence-electron chi connectivity index (χ2n) is 3.01. The molecular formula is C9H14ClN3O2S. The van der Waals surface area contributed by atoms with Crippen molar-refractivity contribution in [2.45, 2.75) is 13.0 Å². The fourth-order valence-corrected chi connectivity index (χ4v) is 1.70. The van der Waals surface area contributed by atoms with Crippen molar-refractivity contribution in [3.05, 3.63) is 17.0 Å². The summed E-state index contributed by atoms with van der Waals surface area (Å²) in [5, 5.41) is 6.32. The molecule has 4 N–H and O–H groups in total. The highest BCUT2D eigenvalue weighted by molar-refractivity contribution is 7.17. The number of thiophene rings is 1. The SMILES string of the molecule is CNc1ccc(C(=O)N[C@@H](C)C(N)=O)s1.Cl. The minimum absolute atomic E-state index is 0. The predicted molar refractivity (Wildman–Crippen MR) is 67.2 cm³/mol. The summed E-state index contributed by atoms with van der Waals surface area (Å²) < 4.78 is 0. The number of anilines is 1. The maximum atomic E-state index is 11.6. The molecule has 1 rings (SSSR count). The summed E-state index contributed by atoms with van der Waals surface area (Å²) in [6.45, 7) is 1.55. The number of hydrogen-bond donors (Lipinski definition) is 3. The molecule has 0 spiro atoms. The van der Waals surface area contributed by atoms with E-state index in [1.807, 2.05) is 0 Å². The van der Waals surface area contributed by atoms with E-state index in [-0.39, 0.29) is 18.3 Å². The zero-order chi connectivity index (χ0) is 11.4. The highest BCUT2D eigenvalue weighted by atomic mass is 35.5. The molecule has 2 amide bonds. The molecule has 1 atom stereocenters. The topological polar surface area (TPSA) is 84.2 Å². The van der Waals surface area contributed by atoms with Crippen molar-refractivity contribution in [3.63, 3.8) is 0 Å². The number of carbonyl (C=O) groups is 2. The van der Waals surface area contributed by atoms with Gasteiger partial charge in [-0.3, -0.25) is 9.59 Å². The number of rotatable bonds is 4. The van der Waals surface area contributed by atoms with E-state index in [9.17, 15) is 9.59 Å². The highest BCUT2D eigenvalue weighted by Crippen LogP contribution is 2.20. The van der Waals surface area contributed by atoms with Crippen molar-refractivity contribution in [2.75, 3.05) is 12.4 Å². The monoisotopic (exact) mass is 263 g/mol. The minimum atomic E-state index is -0.655. The zero-order valence-electron chi connectivity index (χ0n) is 8.94. The Morgan fingerprint density at radius 3 is 2.50 bits per heavy atom. The molecule has 0 bridgehead atoms. The van der Waals surface area contributed by atoms with Gasteiger partial charge in [0.15, 0.2) is 0 Å². The molecule has 0 fully saturated rings. The Morgan fingerprint density at radius 2 is 2.06 bits per heavy atom. The van der Waals surface area contributed by atoms with E-state index in [1.54, 1.807) is 26.1 Å². The minimum Gasteiger partial charge on any atom is -0.380 e. The van der Waals surface area contributed by atoms with Gasteiger partial charge in [0, 0.05) is 7.05 Å². The largest absolute Gasteiger partial charge is 0.380 e. The summed E-state index contributed by atoms with van der Waals surface area (Å²) in [6.07, 6.45) is 0. The van der Waals surface area contributed by atoms with Crippen LogP contribution in [0.15, 0.2) is 12.1 Å². The number of carbonyl (C=O) groups excluding carboxylic acids is 2. The molecule has 0 radical (unpaired) electrons. The lowest BCUT2D eigenvalue weighted by Gasteiger charge is -2.08. The fraction of sp³-hybridized carbons (Fsp3) is 0.333. The Labute approximate surface area is 104 Å². The number of nitrogens with two attached hydrogens (primary N) is 1. The summed E-state index contributed by atoms with van der Waals surface area (Å²) in [7, 11) is 1.78. The smallest absolute Gasteiger partial charge is 0.262 e. The van der Waals surface area contributed by atoms with Crippen LogP contribution in [0, 0.1) is 0 Å². The third kappa shape index (κ3) is 3.71. The Balaban J connectivity index is 0.00000225. The molecule has 16 heavy (non-hydrogen) atoms. The zero-order valence-corrected chi connectivity index (χ0v) is 10.6.